The van der Waals surface area contributed by atoms with Gasteiger partial charge in [-0.25, -0.2) is 0 Å². The van der Waals surface area contributed by atoms with Gasteiger partial charge in [0.25, 0.3) is 5.91 Å². The number of benzene rings is 1. The highest BCUT2D eigenvalue weighted by molar-refractivity contribution is 6.30. The number of carbonyl (C=O) groups is 1. The van der Waals surface area contributed by atoms with Crippen LogP contribution in [0.1, 0.15) is 0 Å². The third-order valence-corrected chi connectivity index (χ3v) is 3.91. The van der Waals surface area contributed by atoms with Gasteiger partial charge < -0.3 is 19.9 Å². The molecule has 1 fully saturated rings. The van der Waals surface area contributed by atoms with Crippen molar-refractivity contribution in [3.63, 3.8) is 0 Å². The third-order valence-electron chi connectivity index (χ3n) is 3.67. The van der Waals surface area contributed by atoms with Gasteiger partial charge in [0, 0.05) is 37.4 Å². The number of hydrogen-bond acceptors (Lipinski definition) is 5. The summed E-state index contributed by atoms with van der Waals surface area (Å²) in [6, 6.07) is 7.04. The Labute approximate surface area is 140 Å². The maximum absolute atomic E-state index is 12.4. The molecule has 0 aliphatic carbocycles. The Morgan fingerprint density at radius 2 is 2.09 bits per heavy atom. The topological polar surface area (TPSA) is 68.6 Å². The Kier molecular flexibility index (Phi) is 5.85. The first-order chi connectivity index (χ1) is 11.0. The van der Waals surface area contributed by atoms with Crippen molar-refractivity contribution < 1.29 is 9.53 Å². The summed E-state index contributed by atoms with van der Waals surface area (Å²) >= 11 is 5.96. The quantitative estimate of drug-likeness (QED) is 0.673. The van der Waals surface area contributed by atoms with Gasteiger partial charge in [-0.05, 0) is 25.2 Å². The standard InChI is InChI=1S/C16H19ClN4O2/c1-20-5-7-21(8-6-20)16(22)12(10-18)11-19-14-9-13(17)3-4-15(14)23-2/h3-4,9,11,19H,5-8H2,1-2H3/b12-11-. The summed E-state index contributed by atoms with van der Waals surface area (Å²) in [5.41, 5.74) is 0.649. The molecule has 1 aromatic carbocycles. The fourth-order valence-corrected chi connectivity index (χ4v) is 2.44. The Bertz CT molecular complexity index is 646. The summed E-state index contributed by atoms with van der Waals surface area (Å²) in [7, 11) is 3.55. The number of nitrogens with zero attached hydrogens (tertiary/aromatic N) is 3. The summed E-state index contributed by atoms with van der Waals surface area (Å²) in [4.78, 5) is 16.2. The number of piperazine rings is 1. The van der Waals surface area contributed by atoms with Gasteiger partial charge in [-0.2, -0.15) is 5.26 Å². The molecule has 1 aliphatic rings. The van der Waals surface area contributed by atoms with Crippen molar-refractivity contribution in [2.24, 2.45) is 0 Å². The largest absolute Gasteiger partial charge is 0.495 e. The van der Waals surface area contributed by atoms with Gasteiger partial charge in [0.2, 0.25) is 0 Å². The van der Waals surface area contributed by atoms with Crippen molar-refractivity contribution >= 4 is 23.2 Å². The zero-order valence-electron chi connectivity index (χ0n) is 13.2. The van der Waals surface area contributed by atoms with Gasteiger partial charge in [0.1, 0.15) is 17.4 Å². The number of nitrogens with one attached hydrogen (secondary N) is 1. The number of hydrogen-bond donors (Lipinski definition) is 1. The zero-order chi connectivity index (χ0) is 16.8. The summed E-state index contributed by atoms with van der Waals surface area (Å²) in [5, 5.41) is 12.7. The van der Waals surface area contributed by atoms with Crippen molar-refractivity contribution in [2.45, 2.75) is 0 Å². The number of nitriles is 1. The highest BCUT2D eigenvalue weighted by Gasteiger charge is 2.22. The molecule has 6 nitrogen and oxygen atoms in total. The Morgan fingerprint density at radius 1 is 1.39 bits per heavy atom. The van der Waals surface area contributed by atoms with Crippen LogP contribution in [0, 0.1) is 11.3 Å². The molecule has 0 spiro atoms. The van der Waals surface area contributed by atoms with Crippen molar-refractivity contribution in [3.8, 4) is 11.8 Å². The zero-order valence-corrected chi connectivity index (χ0v) is 13.9. The summed E-state index contributed by atoms with van der Waals surface area (Å²) in [6.07, 6.45) is 1.40. The molecule has 0 saturated carbocycles. The van der Waals surface area contributed by atoms with Crippen LogP contribution in [0.2, 0.25) is 5.02 Å². The summed E-state index contributed by atoms with van der Waals surface area (Å²) < 4.78 is 5.22. The van der Waals surface area contributed by atoms with E-state index in [2.05, 4.69) is 10.2 Å². The van der Waals surface area contributed by atoms with Gasteiger partial charge >= 0.3 is 0 Å². The minimum absolute atomic E-state index is 0.0524. The second kappa shape index (κ2) is 7.86. The van der Waals surface area contributed by atoms with Crippen molar-refractivity contribution in [2.75, 3.05) is 45.7 Å². The third kappa shape index (κ3) is 4.38. The monoisotopic (exact) mass is 334 g/mol. The highest BCUT2D eigenvalue weighted by atomic mass is 35.5. The molecule has 0 bridgehead atoms. The normalized spacial score (nSPS) is 15.9. The molecule has 0 radical (unpaired) electrons. The number of rotatable bonds is 4. The van der Waals surface area contributed by atoms with Crippen LogP contribution in [-0.2, 0) is 4.79 Å². The fraction of sp³-hybridized carbons (Fsp3) is 0.375. The molecule has 1 amide bonds. The lowest BCUT2D eigenvalue weighted by Crippen LogP contribution is -2.47. The van der Waals surface area contributed by atoms with Crippen molar-refractivity contribution in [1.82, 2.24) is 9.80 Å². The predicted octanol–water partition coefficient (Wildman–Crippen LogP) is 1.94. The molecule has 0 unspecified atom stereocenters. The number of anilines is 1. The molecule has 122 valence electrons. The molecule has 0 atom stereocenters. The van der Waals surface area contributed by atoms with Crippen LogP contribution >= 0.6 is 11.6 Å². The molecule has 1 N–H and O–H groups in total. The lowest BCUT2D eigenvalue weighted by atomic mass is 10.2. The minimum atomic E-state index is -0.269. The molecule has 1 aromatic rings. The van der Waals surface area contributed by atoms with Crippen LogP contribution in [0.4, 0.5) is 5.69 Å². The number of ether oxygens (including phenoxy) is 1. The number of halogens is 1. The van der Waals surface area contributed by atoms with E-state index in [9.17, 15) is 10.1 Å². The Morgan fingerprint density at radius 3 is 2.70 bits per heavy atom. The van der Waals surface area contributed by atoms with E-state index in [1.54, 1.807) is 30.2 Å². The minimum Gasteiger partial charge on any atom is -0.495 e. The van der Waals surface area contributed by atoms with Crippen molar-refractivity contribution in [3.05, 3.63) is 35.0 Å². The van der Waals surface area contributed by atoms with Crippen LogP contribution in [0.15, 0.2) is 30.0 Å². The molecule has 2 rings (SSSR count). The second-order valence-electron chi connectivity index (χ2n) is 5.25. The maximum Gasteiger partial charge on any atom is 0.266 e. The van der Waals surface area contributed by atoms with Gasteiger partial charge in [-0.15, -0.1) is 0 Å². The van der Waals surface area contributed by atoms with Gasteiger partial charge in [0.15, 0.2) is 0 Å². The summed E-state index contributed by atoms with van der Waals surface area (Å²) in [6.45, 7) is 2.85. The smallest absolute Gasteiger partial charge is 0.266 e. The van der Waals surface area contributed by atoms with Gasteiger partial charge in [0.05, 0.1) is 12.8 Å². The van der Waals surface area contributed by atoms with E-state index in [4.69, 9.17) is 16.3 Å². The van der Waals surface area contributed by atoms with Crippen LogP contribution in [-0.4, -0.2) is 56.0 Å². The number of amides is 1. The highest BCUT2D eigenvalue weighted by Crippen LogP contribution is 2.27. The predicted molar refractivity (Wildman–Crippen MR) is 89.4 cm³/mol. The molecule has 1 aliphatic heterocycles. The molecule has 1 saturated heterocycles. The number of carbonyl (C=O) groups excluding carboxylic acids is 1. The van der Waals surface area contributed by atoms with E-state index in [1.165, 1.54) is 6.20 Å². The van der Waals surface area contributed by atoms with E-state index in [1.807, 2.05) is 13.1 Å². The molecule has 1 heterocycles. The average Bonchev–Trinajstić information content (AvgIpc) is 2.56. The van der Waals surface area contributed by atoms with E-state index in [-0.39, 0.29) is 11.5 Å². The number of likely N-dealkylation sites (N-methyl/N-ethyl adjacent to an activating group) is 1. The van der Waals surface area contributed by atoms with E-state index in [0.717, 1.165) is 13.1 Å². The molecular weight excluding hydrogens is 316 g/mol. The van der Waals surface area contributed by atoms with Gasteiger partial charge in [-0.1, -0.05) is 11.6 Å². The first-order valence-electron chi connectivity index (χ1n) is 7.23. The second-order valence-corrected chi connectivity index (χ2v) is 5.69. The van der Waals surface area contributed by atoms with E-state index < -0.39 is 0 Å². The van der Waals surface area contributed by atoms with Crippen LogP contribution in [0.25, 0.3) is 0 Å². The van der Waals surface area contributed by atoms with Crippen LogP contribution in [0.3, 0.4) is 0 Å². The first-order valence-corrected chi connectivity index (χ1v) is 7.61. The molecule has 23 heavy (non-hydrogen) atoms. The SMILES string of the molecule is COc1ccc(Cl)cc1N/C=C(/C#N)C(=O)N1CCN(C)CC1. The van der Waals surface area contributed by atoms with E-state index in [0.29, 0.717) is 29.5 Å². The van der Waals surface area contributed by atoms with Gasteiger partial charge in [-0.3, -0.25) is 4.79 Å². The summed E-state index contributed by atoms with van der Waals surface area (Å²) in [5.74, 6) is 0.309. The lowest BCUT2D eigenvalue weighted by Gasteiger charge is -2.32. The molecule has 0 aromatic heterocycles. The number of methoxy groups -OCH3 is 1. The lowest BCUT2D eigenvalue weighted by molar-refractivity contribution is -0.128. The molecule has 7 heteroatoms. The molecular formula is C16H19ClN4O2. The van der Waals surface area contributed by atoms with Crippen LogP contribution < -0.4 is 10.1 Å². The Balaban J connectivity index is 2.12. The van der Waals surface area contributed by atoms with E-state index >= 15 is 0 Å². The van der Waals surface area contributed by atoms with Crippen LogP contribution in [0.5, 0.6) is 5.75 Å². The Hall–Kier alpha value is -2.23. The maximum atomic E-state index is 12.4. The fourth-order valence-electron chi connectivity index (χ4n) is 2.26. The van der Waals surface area contributed by atoms with Crippen molar-refractivity contribution in [1.29, 1.82) is 5.26 Å². The average molecular weight is 335 g/mol. The first kappa shape index (κ1) is 17.1.